The molecule has 0 amide bonds. The zero-order valence-corrected chi connectivity index (χ0v) is 18.6. The van der Waals surface area contributed by atoms with Gasteiger partial charge in [-0.25, -0.2) is 15.0 Å². The van der Waals surface area contributed by atoms with Crippen molar-refractivity contribution in [3.05, 3.63) is 69.2 Å². The molecule has 1 aliphatic rings. The van der Waals surface area contributed by atoms with Gasteiger partial charge in [-0.3, -0.25) is 13.9 Å². The van der Waals surface area contributed by atoms with Crippen LogP contribution in [-0.2, 0) is 0 Å². The van der Waals surface area contributed by atoms with Crippen molar-refractivity contribution in [2.24, 2.45) is 0 Å². The van der Waals surface area contributed by atoms with Crippen LogP contribution in [0.1, 0.15) is 38.1 Å². The maximum atomic E-state index is 13.7. The lowest BCUT2D eigenvalue weighted by atomic mass is 9.95. The normalized spacial score (nSPS) is 15.2. The van der Waals surface area contributed by atoms with Gasteiger partial charge in [-0.2, -0.15) is 0 Å². The van der Waals surface area contributed by atoms with E-state index in [0.717, 1.165) is 36.7 Å². The molecule has 0 radical (unpaired) electrons. The van der Waals surface area contributed by atoms with E-state index >= 15 is 0 Å². The summed E-state index contributed by atoms with van der Waals surface area (Å²) >= 11 is 12.6. The van der Waals surface area contributed by atoms with Crippen LogP contribution in [0.4, 0.5) is 0 Å². The number of halogens is 2. The van der Waals surface area contributed by atoms with Crippen LogP contribution in [0.15, 0.2) is 53.6 Å². The van der Waals surface area contributed by atoms with Crippen molar-refractivity contribution in [3.63, 3.8) is 0 Å². The Bertz CT molecular complexity index is 1550. The summed E-state index contributed by atoms with van der Waals surface area (Å²) in [5.41, 5.74) is 3.68. The summed E-state index contributed by atoms with van der Waals surface area (Å²) in [5, 5.41) is 1.46. The SMILES string of the molecule is O=c1c2c3nc4ccccc4nc3n(-c3cc(Cl)cc(Cl)c3)c2ncn1C1CCCCC1. The lowest BCUT2D eigenvalue weighted by Crippen LogP contribution is -2.26. The molecule has 0 N–H and O–H groups in total. The number of para-hydroxylation sites is 2. The van der Waals surface area contributed by atoms with Crippen LogP contribution in [0, 0.1) is 0 Å². The van der Waals surface area contributed by atoms with Crippen LogP contribution < -0.4 is 5.56 Å². The summed E-state index contributed by atoms with van der Waals surface area (Å²) in [6.07, 6.45) is 7.12. The first-order valence-electron chi connectivity index (χ1n) is 10.7. The van der Waals surface area contributed by atoms with E-state index in [2.05, 4.69) is 0 Å². The van der Waals surface area contributed by atoms with E-state index in [1.54, 1.807) is 29.1 Å². The molecule has 32 heavy (non-hydrogen) atoms. The van der Waals surface area contributed by atoms with Gasteiger partial charge in [-0.15, -0.1) is 0 Å². The van der Waals surface area contributed by atoms with Crippen molar-refractivity contribution in [2.75, 3.05) is 0 Å². The second-order valence-corrected chi connectivity index (χ2v) is 9.17. The minimum absolute atomic E-state index is 0.0802. The van der Waals surface area contributed by atoms with Gasteiger partial charge in [0, 0.05) is 16.1 Å². The van der Waals surface area contributed by atoms with E-state index in [4.69, 9.17) is 38.2 Å². The zero-order valence-electron chi connectivity index (χ0n) is 17.1. The molecular formula is C24H19Cl2N5O. The van der Waals surface area contributed by atoms with Crippen molar-refractivity contribution < 1.29 is 0 Å². The van der Waals surface area contributed by atoms with Gasteiger partial charge < -0.3 is 0 Å². The molecule has 3 aromatic heterocycles. The summed E-state index contributed by atoms with van der Waals surface area (Å²) in [4.78, 5) is 28.2. The first-order chi connectivity index (χ1) is 15.6. The fourth-order valence-corrected chi connectivity index (χ4v) is 5.30. The molecule has 0 saturated heterocycles. The maximum absolute atomic E-state index is 13.7. The lowest BCUT2D eigenvalue weighted by Gasteiger charge is -2.23. The Kier molecular flexibility index (Phi) is 4.66. The van der Waals surface area contributed by atoms with Gasteiger partial charge in [0.15, 0.2) is 11.3 Å². The van der Waals surface area contributed by atoms with Crippen LogP contribution in [-0.4, -0.2) is 24.1 Å². The molecular weight excluding hydrogens is 445 g/mol. The van der Waals surface area contributed by atoms with Gasteiger partial charge in [-0.1, -0.05) is 54.6 Å². The van der Waals surface area contributed by atoms with Crippen molar-refractivity contribution in [1.29, 1.82) is 0 Å². The van der Waals surface area contributed by atoms with Gasteiger partial charge >= 0.3 is 0 Å². The predicted molar refractivity (Wildman–Crippen MR) is 128 cm³/mol. The average Bonchev–Trinajstić information content (AvgIpc) is 3.11. The highest BCUT2D eigenvalue weighted by Gasteiger charge is 2.24. The Hall–Kier alpha value is -2.96. The van der Waals surface area contributed by atoms with E-state index in [1.807, 2.05) is 28.8 Å². The maximum Gasteiger partial charge on any atom is 0.265 e. The molecule has 0 aliphatic heterocycles. The molecule has 6 rings (SSSR count). The number of rotatable bonds is 2. The standard InChI is InChI=1S/C24H19Cl2N5O/c25-14-10-15(26)12-17(11-14)31-22-20(21-23(31)29-19-9-5-4-8-18(19)28-21)24(32)30(13-27-22)16-6-2-1-3-7-16/h4-5,8-13,16H,1-3,6-7H2. The number of benzene rings is 2. The van der Waals surface area contributed by atoms with Crippen LogP contribution in [0.25, 0.3) is 38.9 Å². The molecule has 0 spiro atoms. The Morgan fingerprint density at radius 1 is 0.875 bits per heavy atom. The van der Waals surface area contributed by atoms with Gasteiger partial charge in [-0.05, 0) is 43.2 Å². The minimum atomic E-state index is -0.0802. The number of aromatic nitrogens is 5. The largest absolute Gasteiger partial charge is 0.295 e. The van der Waals surface area contributed by atoms with Crippen LogP contribution >= 0.6 is 23.2 Å². The first kappa shape index (κ1) is 19.7. The van der Waals surface area contributed by atoms with Gasteiger partial charge in [0.25, 0.3) is 5.56 Å². The molecule has 3 heterocycles. The number of nitrogens with zero attached hydrogens (tertiary/aromatic N) is 5. The Labute approximate surface area is 193 Å². The molecule has 0 unspecified atom stereocenters. The summed E-state index contributed by atoms with van der Waals surface area (Å²) in [6, 6.07) is 13.1. The van der Waals surface area contributed by atoms with Crippen LogP contribution in [0.3, 0.4) is 0 Å². The molecule has 8 heteroatoms. The number of fused-ring (bicyclic) bond motifs is 4. The third kappa shape index (κ3) is 3.09. The zero-order chi connectivity index (χ0) is 21.8. The van der Waals surface area contributed by atoms with Gasteiger partial charge in [0.2, 0.25) is 0 Å². The number of hydrogen-bond donors (Lipinski definition) is 0. The third-order valence-electron chi connectivity index (χ3n) is 6.26. The van der Waals surface area contributed by atoms with Gasteiger partial charge in [0.1, 0.15) is 17.2 Å². The van der Waals surface area contributed by atoms with Crippen molar-refractivity contribution in [2.45, 2.75) is 38.1 Å². The molecule has 0 bridgehead atoms. The van der Waals surface area contributed by atoms with Crippen LogP contribution in [0.5, 0.6) is 0 Å². The molecule has 1 saturated carbocycles. The van der Waals surface area contributed by atoms with E-state index in [-0.39, 0.29) is 11.6 Å². The molecule has 1 fully saturated rings. The van der Waals surface area contributed by atoms with Crippen molar-refractivity contribution in [3.8, 4) is 5.69 Å². The Balaban J connectivity index is 1.74. The summed E-state index contributed by atoms with van der Waals surface area (Å²) in [6.45, 7) is 0. The highest BCUT2D eigenvalue weighted by Crippen LogP contribution is 2.32. The van der Waals surface area contributed by atoms with E-state index in [1.165, 1.54) is 6.42 Å². The lowest BCUT2D eigenvalue weighted by molar-refractivity contribution is 0.345. The third-order valence-corrected chi connectivity index (χ3v) is 6.70. The highest BCUT2D eigenvalue weighted by atomic mass is 35.5. The van der Waals surface area contributed by atoms with Crippen LogP contribution in [0.2, 0.25) is 10.0 Å². The fraction of sp³-hybridized carbons (Fsp3) is 0.250. The topological polar surface area (TPSA) is 65.6 Å². The van der Waals surface area contributed by atoms with E-state index in [0.29, 0.717) is 37.9 Å². The molecule has 5 aromatic rings. The Morgan fingerprint density at radius 3 is 2.28 bits per heavy atom. The minimum Gasteiger partial charge on any atom is -0.295 e. The fourth-order valence-electron chi connectivity index (χ4n) is 4.78. The monoisotopic (exact) mass is 463 g/mol. The summed E-state index contributed by atoms with van der Waals surface area (Å²) in [5.74, 6) is 0. The average molecular weight is 464 g/mol. The smallest absolute Gasteiger partial charge is 0.265 e. The van der Waals surface area contributed by atoms with Gasteiger partial charge in [0.05, 0.1) is 16.7 Å². The van der Waals surface area contributed by atoms with Crippen molar-refractivity contribution in [1.82, 2.24) is 24.1 Å². The molecule has 1 aliphatic carbocycles. The predicted octanol–water partition coefficient (Wildman–Crippen LogP) is 6.10. The summed E-state index contributed by atoms with van der Waals surface area (Å²) in [7, 11) is 0. The molecule has 2 aromatic carbocycles. The summed E-state index contributed by atoms with van der Waals surface area (Å²) < 4.78 is 3.61. The second kappa shape index (κ2) is 7.57. The molecule has 0 atom stereocenters. The molecule has 6 nitrogen and oxygen atoms in total. The molecule has 160 valence electrons. The highest BCUT2D eigenvalue weighted by molar-refractivity contribution is 6.35. The van der Waals surface area contributed by atoms with E-state index in [9.17, 15) is 4.79 Å². The van der Waals surface area contributed by atoms with E-state index < -0.39 is 0 Å². The van der Waals surface area contributed by atoms with Crippen molar-refractivity contribution >= 4 is 56.4 Å². The quantitative estimate of drug-likeness (QED) is 0.317. The number of hydrogen-bond acceptors (Lipinski definition) is 4. The second-order valence-electron chi connectivity index (χ2n) is 8.30. The Morgan fingerprint density at radius 2 is 1.56 bits per heavy atom. The first-order valence-corrected chi connectivity index (χ1v) is 11.5.